The molecule has 0 aliphatic heterocycles. The summed E-state index contributed by atoms with van der Waals surface area (Å²) in [4.78, 5) is 27.3. The molecule has 0 saturated heterocycles. The maximum absolute atomic E-state index is 14.3. The van der Waals surface area contributed by atoms with E-state index < -0.39 is 34.3 Å². The minimum atomic E-state index is -3.82. The molecule has 1 N–H and O–H groups in total. The molecule has 0 radical (unpaired) electrons. The summed E-state index contributed by atoms with van der Waals surface area (Å²) in [5.74, 6) is -1.51. The summed E-state index contributed by atoms with van der Waals surface area (Å²) in [6.45, 7) is 6.79. The van der Waals surface area contributed by atoms with Crippen LogP contribution in [0.1, 0.15) is 37.0 Å². The highest BCUT2D eigenvalue weighted by Gasteiger charge is 2.31. The number of rotatable bonds is 10. The fourth-order valence-corrected chi connectivity index (χ4v) is 4.27. The number of nitrogens with zero attached hydrogens (tertiary/aromatic N) is 2. The van der Waals surface area contributed by atoms with Crippen LogP contribution in [0, 0.1) is 19.7 Å². The largest absolute Gasteiger partial charge is 0.354 e. The predicted molar refractivity (Wildman–Crippen MR) is 128 cm³/mol. The van der Waals surface area contributed by atoms with Crippen molar-refractivity contribution >= 4 is 27.5 Å². The van der Waals surface area contributed by atoms with E-state index in [0.717, 1.165) is 16.1 Å². The number of sulfonamides is 1. The van der Waals surface area contributed by atoms with E-state index in [0.29, 0.717) is 24.2 Å². The van der Waals surface area contributed by atoms with Crippen molar-refractivity contribution in [1.29, 1.82) is 0 Å². The molecule has 0 saturated carbocycles. The first-order chi connectivity index (χ1) is 15.5. The van der Waals surface area contributed by atoms with Crippen LogP contribution in [0.2, 0.25) is 0 Å². The number of amides is 2. The second-order valence-corrected chi connectivity index (χ2v) is 10.0. The molecule has 9 heteroatoms. The Bertz CT molecular complexity index is 1100. The molecule has 2 rings (SSSR count). The van der Waals surface area contributed by atoms with Gasteiger partial charge in [0.05, 0.1) is 11.9 Å². The van der Waals surface area contributed by atoms with Crippen molar-refractivity contribution in [2.24, 2.45) is 0 Å². The summed E-state index contributed by atoms with van der Waals surface area (Å²) < 4.78 is 40.6. The number of benzene rings is 2. The van der Waals surface area contributed by atoms with E-state index in [1.165, 1.54) is 23.1 Å². The highest BCUT2D eigenvalue weighted by Crippen LogP contribution is 2.24. The maximum Gasteiger partial charge on any atom is 0.244 e. The molecule has 0 aromatic heterocycles. The van der Waals surface area contributed by atoms with Crippen LogP contribution in [-0.2, 0) is 26.2 Å². The van der Waals surface area contributed by atoms with Crippen LogP contribution in [0.4, 0.5) is 10.1 Å². The van der Waals surface area contributed by atoms with Crippen LogP contribution in [0.15, 0.2) is 42.5 Å². The lowest BCUT2D eigenvalue weighted by Crippen LogP contribution is -2.51. The first-order valence-electron chi connectivity index (χ1n) is 10.8. The van der Waals surface area contributed by atoms with Gasteiger partial charge in [-0.15, -0.1) is 0 Å². The van der Waals surface area contributed by atoms with Gasteiger partial charge in [0.15, 0.2) is 0 Å². The van der Waals surface area contributed by atoms with Gasteiger partial charge in [0.1, 0.15) is 18.4 Å². The molecular weight excluding hydrogens is 445 g/mol. The third kappa shape index (κ3) is 7.02. The Balaban J connectivity index is 2.43. The zero-order chi connectivity index (χ0) is 24.8. The number of halogens is 1. The van der Waals surface area contributed by atoms with E-state index in [2.05, 4.69) is 5.32 Å². The highest BCUT2D eigenvalue weighted by molar-refractivity contribution is 7.92. The Morgan fingerprint density at radius 2 is 1.79 bits per heavy atom. The van der Waals surface area contributed by atoms with Gasteiger partial charge in [0.25, 0.3) is 0 Å². The average Bonchev–Trinajstić information content (AvgIpc) is 2.75. The number of hydrogen-bond acceptors (Lipinski definition) is 4. The standard InChI is InChI=1S/C24H32FN3O4S/c1-6-13-26-24(30)19(4)27(15-20-9-7-8-10-21(20)25)23(29)16-28(33(5,31)32)22-14-17(2)11-12-18(22)3/h7-12,14,19H,6,13,15-16H2,1-5H3,(H,26,30)/t19-/m0/s1. The van der Waals surface area contributed by atoms with Gasteiger partial charge in [-0.05, 0) is 50.5 Å². The third-order valence-electron chi connectivity index (χ3n) is 5.33. The van der Waals surface area contributed by atoms with Crippen molar-refractivity contribution in [3.8, 4) is 0 Å². The van der Waals surface area contributed by atoms with E-state index in [-0.39, 0.29) is 18.0 Å². The number of hydrogen-bond donors (Lipinski definition) is 1. The van der Waals surface area contributed by atoms with Gasteiger partial charge >= 0.3 is 0 Å². The summed E-state index contributed by atoms with van der Waals surface area (Å²) >= 11 is 0. The number of anilines is 1. The van der Waals surface area contributed by atoms with E-state index in [1.54, 1.807) is 32.0 Å². The molecule has 7 nitrogen and oxygen atoms in total. The molecule has 0 fully saturated rings. The lowest BCUT2D eigenvalue weighted by Gasteiger charge is -2.32. The van der Waals surface area contributed by atoms with Crippen molar-refractivity contribution in [3.05, 3.63) is 65.0 Å². The summed E-state index contributed by atoms with van der Waals surface area (Å²) in [6, 6.07) is 10.4. The van der Waals surface area contributed by atoms with Gasteiger partial charge in [0, 0.05) is 18.7 Å². The molecule has 0 unspecified atom stereocenters. The minimum Gasteiger partial charge on any atom is -0.354 e. The van der Waals surface area contributed by atoms with Crippen LogP contribution in [0.25, 0.3) is 0 Å². The number of carbonyl (C=O) groups excluding carboxylic acids is 2. The Hall–Kier alpha value is -2.94. The van der Waals surface area contributed by atoms with Gasteiger partial charge in [-0.1, -0.05) is 37.3 Å². The second-order valence-electron chi connectivity index (χ2n) is 8.14. The van der Waals surface area contributed by atoms with Crippen molar-refractivity contribution < 1.29 is 22.4 Å². The molecule has 0 spiro atoms. The van der Waals surface area contributed by atoms with E-state index >= 15 is 0 Å². The maximum atomic E-state index is 14.3. The van der Waals surface area contributed by atoms with Gasteiger partial charge in [-0.2, -0.15) is 0 Å². The number of aryl methyl sites for hydroxylation is 2. The second kappa shape index (κ2) is 11.3. The first-order valence-corrected chi connectivity index (χ1v) is 12.7. The molecule has 2 aromatic rings. The van der Waals surface area contributed by atoms with Gasteiger partial charge in [-0.3, -0.25) is 13.9 Å². The van der Waals surface area contributed by atoms with E-state index in [1.807, 2.05) is 19.9 Å². The van der Waals surface area contributed by atoms with Crippen LogP contribution < -0.4 is 9.62 Å². The zero-order valence-corrected chi connectivity index (χ0v) is 20.6. The Morgan fingerprint density at radius 3 is 2.39 bits per heavy atom. The number of carbonyl (C=O) groups is 2. The summed E-state index contributed by atoms with van der Waals surface area (Å²) in [5.41, 5.74) is 2.15. The van der Waals surface area contributed by atoms with Crippen LogP contribution >= 0.6 is 0 Å². The Labute approximate surface area is 195 Å². The van der Waals surface area contributed by atoms with Crippen molar-refractivity contribution in [3.63, 3.8) is 0 Å². The fraction of sp³-hybridized carbons (Fsp3) is 0.417. The minimum absolute atomic E-state index is 0.170. The monoisotopic (exact) mass is 477 g/mol. The Kier molecular flexibility index (Phi) is 8.99. The molecule has 2 amide bonds. The van der Waals surface area contributed by atoms with Crippen LogP contribution in [0.5, 0.6) is 0 Å². The predicted octanol–water partition coefficient (Wildman–Crippen LogP) is 3.15. The third-order valence-corrected chi connectivity index (χ3v) is 6.45. The molecule has 33 heavy (non-hydrogen) atoms. The molecule has 0 heterocycles. The Morgan fingerprint density at radius 1 is 1.12 bits per heavy atom. The average molecular weight is 478 g/mol. The first kappa shape index (κ1) is 26.3. The molecule has 2 aromatic carbocycles. The molecule has 0 bridgehead atoms. The number of nitrogens with one attached hydrogen (secondary N) is 1. The quantitative estimate of drug-likeness (QED) is 0.570. The molecule has 0 aliphatic carbocycles. The SMILES string of the molecule is CCCNC(=O)[C@H](C)N(Cc1ccccc1F)C(=O)CN(c1cc(C)ccc1C)S(C)(=O)=O. The van der Waals surface area contributed by atoms with Crippen LogP contribution in [-0.4, -0.2) is 50.5 Å². The van der Waals surface area contributed by atoms with Gasteiger partial charge < -0.3 is 10.2 Å². The normalized spacial score (nSPS) is 12.2. The molecular formula is C24H32FN3O4S. The fourth-order valence-electron chi connectivity index (χ4n) is 3.37. The summed E-state index contributed by atoms with van der Waals surface area (Å²) in [5, 5.41) is 2.74. The van der Waals surface area contributed by atoms with Crippen molar-refractivity contribution in [1.82, 2.24) is 10.2 Å². The lowest BCUT2D eigenvalue weighted by molar-refractivity contribution is -0.139. The van der Waals surface area contributed by atoms with Crippen molar-refractivity contribution in [2.75, 3.05) is 23.7 Å². The van der Waals surface area contributed by atoms with E-state index in [4.69, 9.17) is 0 Å². The summed E-state index contributed by atoms with van der Waals surface area (Å²) in [6.07, 6.45) is 1.74. The van der Waals surface area contributed by atoms with Gasteiger partial charge in [-0.25, -0.2) is 12.8 Å². The summed E-state index contributed by atoms with van der Waals surface area (Å²) in [7, 11) is -3.82. The van der Waals surface area contributed by atoms with Crippen molar-refractivity contribution in [2.45, 2.75) is 46.7 Å². The van der Waals surface area contributed by atoms with Crippen LogP contribution in [0.3, 0.4) is 0 Å². The van der Waals surface area contributed by atoms with Gasteiger partial charge in [0.2, 0.25) is 21.8 Å². The molecule has 1 atom stereocenters. The van der Waals surface area contributed by atoms with E-state index in [9.17, 15) is 22.4 Å². The lowest BCUT2D eigenvalue weighted by atomic mass is 10.1. The smallest absolute Gasteiger partial charge is 0.244 e. The molecule has 180 valence electrons. The molecule has 0 aliphatic rings. The highest BCUT2D eigenvalue weighted by atomic mass is 32.2. The topological polar surface area (TPSA) is 86.8 Å². The zero-order valence-electron chi connectivity index (χ0n) is 19.8.